The van der Waals surface area contributed by atoms with Gasteiger partial charge < -0.3 is 10.2 Å². The summed E-state index contributed by atoms with van der Waals surface area (Å²) in [6.45, 7) is 1.73. The van der Waals surface area contributed by atoms with Crippen molar-refractivity contribution in [3.05, 3.63) is 28.4 Å². The molecule has 0 fully saturated rings. The van der Waals surface area contributed by atoms with Crippen LogP contribution in [0.15, 0.2) is 10.8 Å². The zero-order chi connectivity index (χ0) is 13.4. The fourth-order valence-corrected chi connectivity index (χ4v) is 3.22. The number of carbonyl (C=O) groups is 1. The van der Waals surface area contributed by atoms with Crippen LogP contribution in [0.4, 0.5) is 5.13 Å². The van der Waals surface area contributed by atoms with Gasteiger partial charge in [-0.2, -0.15) is 0 Å². The first-order chi connectivity index (χ1) is 9.13. The molecule has 19 heavy (non-hydrogen) atoms. The van der Waals surface area contributed by atoms with E-state index < -0.39 is 0 Å². The van der Waals surface area contributed by atoms with E-state index in [0.29, 0.717) is 10.8 Å². The summed E-state index contributed by atoms with van der Waals surface area (Å²) in [5.74, 6) is -0.0877. The minimum Gasteiger partial charge on any atom is -0.438 e. The van der Waals surface area contributed by atoms with Crippen molar-refractivity contribution in [2.45, 2.75) is 32.2 Å². The Kier molecular flexibility index (Phi) is 3.08. The molecule has 1 aliphatic rings. The van der Waals surface area contributed by atoms with Crippen LogP contribution in [0.5, 0.6) is 0 Å². The molecule has 0 aliphatic heterocycles. The van der Waals surface area contributed by atoms with Gasteiger partial charge in [0.1, 0.15) is 0 Å². The number of nitrogens with one attached hydrogen (secondary N) is 1. The molecule has 0 saturated heterocycles. The Hall–Kier alpha value is -1.73. The van der Waals surface area contributed by atoms with E-state index in [0.717, 1.165) is 25.0 Å². The van der Waals surface area contributed by atoms with Crippen LogP contribution in [-0.2, 0) is 12.8 Å². The first-order valence-electron chi connectivity index (χ1n) is 6.09. The normalized spacial score (nSPS) is 18.1. The van der Waals surface area contributed by atoms with Crippen LogP contribution in [0.2, 0.25) is 0 Å². The summed E-state index contributed by atoms with van der Waals surface area (Å²) < 4.78 is 5.05. The summed E-state index contributed by atoms with van der Waals surface area (Å²) in [4.78, 5) is 21.5. The predicted molar refractivity (Wildman–Crippen MR) is 71.3 cm³/mol. The number of thiazole rings is 1. The molecule has 1 aliphatic carbocycles. The smallest absolute Gasteiger partial charge is 0.295 e. The number of amides is 1. The van der Waals surface area contributed by atoms with Crippen LogP contribution in [0.25, 0.3) is 0 Å². The van der Waals surface area contributed by atoms with Crippen LogP contribution in [0.1, 0.15) is 33.2 Å². The molecule has 3 rings (SSSR count). The molecule has 0 unspecified atom stereocenters. The fraction of sp³-hybridized carbons (Fsp3) is 0.417. The molecule has 3 N–H and O–H groups in total. The Morgan fingerprint density at radius 3 is 3.21 bits per heavy atom. The van der Waals surface area contributed by atoms with Gasteiger partial charge in [-0.15, -0.1) is 11.3 Å². The topological polar surface area (TPSA) is 94.0 Å². The number of nitrogens with zero attached hydrogens (tertiary/aromatic N) is 2. The molecule has 2 heterocycles. The first-order valence-corrected chi connectivity index (χ1v) is 6.90. The van der Waals surface area contributed by atoms with E-state index in [1.807, 2.05) is 0 Å². The summed E-state index contributed by atoms with van der Waals surface area (Å²) >= 11 is 1.49. The van der Waals surface area contributed by atoms with Gasteiger partial charge in [-0.3, -0.25) is 10.1 Å². The number of anilines is 1. The van der Waals surface area contributed by atoms with Crippen LogP contribution >= 0.6 is 11.3 Å². The number of fused-ring (bicyclic) bond motifs is 1. The van der Waals surface area contributed by atoms with E-state index >= 15 is 0 Å². The highest BCUT2D eigenvalue weighted by Crippen LogP contribution is 2.29. The number of oxazole rings is 1. The van der Waals surface area contributed by atoms with Gasteiger partial charge in [0.2, 0.25) is 5.76 Å². The van der Waals surface area contributed by atoms with Crippen LogP contribution < -0.4 is 11.1 Å². The molecular formula is C12H14N4O2S. The van der Waals surface area contributed by atoms with Crippen molar-refractivity contribution >= 4 is 22.4 Å². The Morgan fingerprint density at radius 2 is 2.47 bits per heavy atom. The molecule has 0 spiro atoms. The number of rotatable bonds is 2. The maximum atomic E-state index is 12.0. The Bertz CT molecular complexity index is 619. The number of aryl methyl sites for hydroxylation is 2. The third kappa shape index (κ3) is 2.39. The summed E-state index contributed by atoms with van der Waals surface area (Å²) in [7, 11) is 0. The van der Waals surface area contributed by atoms with Crippen molar-refractivity contribution in [3.8, 4) is 0 Å². The van der Waals surface area contributed by atoms with E-state index in [1.54, 1.807) is 6.92 Å². The molecule has 2 aromatic rings. The summed E-state index contributed by atoms with van der Waals surface area (Å²) in [5.41, 5.74) is 7.55. The van der Waals surface area contributed by atoms with E-state index in [1.165, 1.54) is 22.6 Å². The number of nitrogens with two attached hydrogens (primary N) is 1. The Balaban J connectivity index is 1.78. The second-order valence-electron chi connectivity index (χ2n) is 4.61. The summed E-state index contributed by atoms with van der Waals surface area (Å²) in [6, 6.07) is 0.202. The van der Waals surface area contributed by atoms with Gasteiger partial charge in [-0.1, -0.05) is 0 Å². The fourth-order valence-electron chi connectivity index (χ4n) is 2.13. The lowest BCUT2D eigenvalue weighted by Gasteiger charge is -2.15. The number of carbonyl (C=O) groups excluding carboxylic acids is 1. The minimum atomic E-state index is -0.314. The quantitative estimate of drug-likeness (QED) is 0.868. The second kappa shape index (κ2) is 4.75. The molecule has 1 atom stereocenters. The number of hydrogen-bond donors (Lipinski definition) is 2. The van der Waals surface area contributed by atoms with Crippen LogP contribution in [-0.4, -0.2) is 21.9 Å². The zero-order valence-electron chi connectivity index (χ0n) is 10.5. The maximum Gasteiger partial charge on any atom is 0.295 e. The van der Waals surface area contributed by atoms with Crippen molar-refractivity contribution in [1.29, 1.82) is 0 Å². The lowest BCUT2D eigenvalue weighted by Crippen LogP contribution is -2.27. The third-order valence-corrected chi connectivity index (χ3v) is 4.19. The summed E-state index contributed by atoms with van der Waals surface area (Å²) in [6.07, 6.45) is 3.93. The highest BCUT2D eigenvalue weighted by Gasteiger charge is 2.22. The molecule has 0 radical (unpaired) electrons. The summed E-state index contributed by atoms with van der Waals surface area (Å²) in [5, 5.41) is 3.35. The van der Waals surface area contributed by atoms with Gasteiger partial charge in [0.15, 0.2) is 11.5 Å². The predicted octanol–water partition coefficient (Wildman–Crippen LogP) is 1.51. The van der Waals surface area contributed by atoms with E-state index in [9.17, 15) is 4.79 Å². The van der Waals surface area contributed by atoms with Crippen molar-refractivity contribution in [1.82, 2.24) is 9.97 Å². The highest BCUT2D eigenvalue weighted by atomic mass is 32.1. The third-order valence-electron chi connectivity index (χ3n) is 3.15. The van der Waals surface area contributed by atoms with Crippen LogP contribution in [0, 0.1) is 6.92 Å². The molecule has 1 amide bonds. The monoisotopic (exact) mass is 278 g/mol. The molecule has 2 aromatic heterocycles. The SMILES string of the molecule is Cc1ncoc1C(=O)Nc1nc2c(s1)C[C@@H](N)CC2. The molecule has 100 valence electrons. The van der Waals surface area contributed by atoms with Gasteiger partial charge in [0.05, 0.1) is 11.4 Å². The van der Waals surface area contributed by atoms with Gasteiger partial charge in [0.25, 0.3) is 5.91 Å². The van der Waals surface area contributed by atoms with Crippen LogP contribution in [0.3, 0.4) is 0 Å². The zero-order valence-corrected chi connectivity index (χ0v) is 11.3. The largest absolute Gasteiger partial charge is 0.438 e. The van der Waals surface area contributed by atoms with Gasteiger partial charge >= 0.3 is 0 Å². The first kappa shape index (κ1) is 12.3. The highest BCUT2D eigenvalue weighted by molar-refractivity contribution is 7.15. The van der Waals surface area contributed by atoms with Crippen molar-refractivity contribution < 1.29 is 9.21 Å². The minimum absolute atomic E-state index is 0.202. The maximum absolute atomic E-state index is 12.0. The molecule has 0 aromatic carbocycles. The molecule has 0 saturated carbocycles. The van der Waals surface area contributed by atoms with E-state index in [2.05, 4.69) is 15.3 Å². The molecule has 7 heteroatoms. The van der Waals surface area contributed by atoms with E-state index in [-0.39, 0.29) is 17.7 Å². The van der Waals surface area contributed by atoms with Gasteiger partial charge in [-0.25, -0.2) is 9.97 Å². The second-order valence-corrected chi connectivity index (χ2v) is 5.70. The van der Waals surface area contributed by atoms with Gasteiger partial charge in [-0.05, 0) is 26.2 Å². The lowest BCUT2D eigenvalue weighted by molar-refractivity contribution is 0.0996. The molecule has 0 bridgehead atoms. The van der Waals surface area contributed by atoms with Crippen molar-refractivity contribution in [2.24, 2.45) is 5.73 Å². The number of aromatic nitrogens is 2. The Morgan fingerprint density at radius 1 is 1.63 bits per heavy atom. The lowest BCUT2D eigenvalue weighted by atomic mass is 9.99. The van der Waals surface area contributed by atoms with Gasteiger partial charge in [0, 0.05) is 10.9 Å². The van der Waals surface area contributed by atoms with E-state index in [4.69, 9.17) is 10.2 Å². The van der Waals surface area contributed by atoms with Crippen molar-refractivity contribution in [3.63, 3.8) is 0 Å². The molecular weight excluding hydrogens is 264 g/mol. The Labute approximate surface area is 114 Å². The standard InChI is InChI=1S/C12H14N4O2S/c1-6-10(18-5-14-6)11(17)16-12-15-8-3-2-7(13)4-9(8)19-12/h5,7H,2-4,13H2,1H3,(H,15,16,17)/t7-/m0/s1. The average molecular weight is 278 g/mol. The van der Waals surface area contributed by atoms with Crippen molar-refractivity contribution in [2.75, 3.05) is 5.32 Å². The number of hydrogen-bond acceptors (Lipinski definition) is 6. The molecule has 6 nitrogen and oxygen atoms in total. The average Bonchev–Trinajstić information content (AvgIpc) is 2.94.